The molecule has 0 saturated carbocycles. The Bertz CT molecular complexity index is 817. The van der Waals surface area contributed by atoms with Crippen LogP contribution < -0.4 is 9.47 Å². The number of ether oxygens (including phenoxy) is 2. The molecule has 3 aromatic rings. The quantitative estimate of drug-likeness (QED) is 0.520. The van der Waals surface area contributed by atoms with E-state index in [2.05, 4.69) is 0 Å². The van der Waals surface area contributed by atoms with Crippen LogP contribution in [-0.2, 0) is 0 Å². The summed E-state index contributed by atoms with van der Waals surface area (Å²) in [5.74, 6) is 0.970. The smallest absolute Gasteiger partial charge is 0.292 e. The van der Waals surface area contributed by atoms with Crippen molar-refractivity contribution >= 4 is 21.5 Å². The summed E-state index contributed by atoms with van der Waals surface area (Å²) in [6.45, 7) is 0. The van der Waals surface area contributed by atoms with E-state index in [1.165, 1.54) is 0 Å². The van der Waals surface area contributed by atoms with Crippen LogP contribution >= 0.6 is 0 Å². The molecule has 0 aliphatic carbocycles. The molecular formula is C16H8N2O2. The summed E-state index contributed by atoms with van der Waals surface area (Å²) < 4.78 is 9.94. The lowest BCUT2D eigenvalue weighted by Crippen LogP contribution is -1.87. The number of hydrogen-bond acceptors (Lipinski definition) is 4. The Kier molecular flexibility index (Phi) is 2.84. The SMILES string of the molecule is N#COc1cccc2cc3cccc(OC#N)c3cc12. The van der Waals surface area contributed by atoms with Crippen molar-refractivity contribution < 1.29 is 9.47 Å². The Balaban J connectivity index is 2.37. The molecule has 4 heteroatoms. The number of rotatable bonds is 2. The third kappa shape index (κ3) is 1.86. The van der Waals surface area contributed by atoms with E-state index < -0.39 is 0 Å². The van der Waals surface area contributed by atoms with Gasteiger partial charge in [0.15, 0.2) is 0 Å². The van der Waals surface area contributed by atoms with E-state index in [-0.39, 0.29) is 0 Å². The number of fused-ring (bicyclic) bond motifs is 2. The first-order valence-corrected chi connectivity index (χ1v) is 5.91. The third-order valence-corrected chi connectivity index (χ3v) is 3.11. The highest BCUT2D eigenvalue weighted by molar-refractivity contribution is 6.03. The van der Waals surface area contributed by atoms with Crippen LogP contribution in [0.1, 0.15) is 0 Å². The van der Waals surface area contributed by atoms with Crippen molar-refractivity contribution in [3.63, 3.8) is 0 Å². The summed E-state index contributed by atoms with van der Waals surface area (Å²) in [6.07, 6.45) is 3.36. The van der Waals surface area contributed by atoms with E-state index in [9.17, 15) is 0 Å². The van der Waals surface area contributed by atoms with E-state index in [4.69, 9.17) is 20.0 Å². The second-order valence-corrected chi connectivity index (χ2v) is 4.19. The minimum absolute atomic E-state index is 0.485. The van der Waals surface area contributed by atoms with Gasteiger partial charge in [-0.3, -0.25) is 0 Å². The summed E-state index contributed by atoms with van der Waals surface area (Å²) in [5, 5.41) is 20.9. The second-order valence-electron chi connectivity index (χ2n) is 4.19. The zero-order valence-electron chi connectivity index (χ0n) is 10.3. The van der Waals surface area contributed by atoms with Crippen molar-refractivity contribution in [1.29, 1.82) is 10.5 Å². The molecule has 20 heavy (non-hydrogen) atoms. The predicted octanol–water partition coefficient (Wildman–Crippen LogP) is 3.71. The van der Waals surface area contributed by atoms with Gasteiger partial charge in [0.1, 0.15) is 11.5 Å². The van der Waals surface area contributed by atoms with E-state index >= 15 is 0 Å². The Morgan fingerprint density at radius 1 is 0.700 bits per heavy atom. The monoisotopic (exact) mass is 260 g/mol. The highest BCUT2D eigenvalue weighted by Crippen LogP contribution is 2.33. The van der Waals surface area contributed by atoms with Crippen molar-refractivity contribution in [2.45, 2.75) is 0 Å². The molecule has 0 bridgehead atoms. The van der Waals surface area contributed by atoms with Crippen LogP contribution in [0.5, 0.6) is 11.5 Å². The predicted molar refractivity (Wildman–Crippen MR) is 73.9 cm³/mol. The zero-order valence-corrected chi connectivity index (χ0v) is 10.3. The van der Waals surface area contributed by atoms with Crippen molar-refractivity contribution in [1.82, 2.24) is 0 Å². The van der Waals surface area contributed by atoms with E-state index in [1.807, 2.05) is 36.4 Å². The van der Waals surface area contributed by atoms with Gasteiger partial charge in [-0.2, -0.15) is 0 Å². The molecule has 0 amide bonds. The van der Waals surface area contributed by atoms with Crippen molar-refractivity contribution in [3.05, 3.63) is 48.5 Å². The summed E-state index contributed by atoms with van der Waals surface area (Å²) in [5.41, 5.74) is 0. The van der Waals surface area contributed by atoms with E-state index in [0.717, 1.165) is 21.5 Å². The summed E-state index contributed by atoms with van der Waals surface area (Å²) in [4.78, 5) is 0. The fourth-order valence-corrected chi connectivity index (χ4v) is 2.27. The van der Waals surface area contributed by atoms with Crippen molar-refractivity contribution in [3.8, 4) is 24.0 Å². The van der Waals surface area contributed by atoms with Crippen LogP contribution in [-0.4, -0.2) is 0 Å². The Hall–Kier alpha value is -3.24. The molecule has 0 atom stereocenters. The average Bonchev–Trinajstić information content (AvgIpc) is 2.47. The standard InChI is InChI=1S/C16H8N2O2/c17-9-19-15-5-1-3-11-7-12-4-2-6-16(20-10-18)14(12)8-13(11)15/h1-8H. The molecule has 4 nitrogen and oxygen atoms in total. The second kappa shape index (κ2) is 4.79. The first-order chi connectivity index (χ1) is 9.83. The van der Waals surface area contributed by atoms with Crippen LogP contribution in [0, 0.1) is 23.0 Å². The molecule has 0 unspecified atom stereocenters. The molecule has 3 aromatic carbocycles. The van der Waals surface area contributed by atoms with Crippen LogP contribution in [0.4, 0.5) is 0 Å². The van der Waals surface area contributed by atoms with Crippen molar-refractivity contribution in [2.24, 2.45) is 0 Å². The first-order valence-electron chi connectivity index (χ1n) is 5.91. The molecule has 3 rings (SSSR count). The van der Waals surface area contributed by atoms with E-state index in [0.29, 0.717) is 11.5 Å². The molecule has 0 aliphatic rings. The molecule has 0 saturated heterocycles. The Morgan fingerprint density at radius 3 is 1.65 bits per heavy atom. The first kappa shape index (κ1) is 11.8. The molecular weight excluding hydrogens is 252 g/mol. The van der Waals surface area contributed by atoms with Crippen LogP contribution in [0.2, 0.25) is 0 Å². The minimum Gasteiger partial charge on any atom is -0.387 e. The normalized spacial score (nSPS) is 9.90. The number of benzene rings is 3. The highest BCUT2D eigenvalue weighted by Gasteiger charge is 2.08. The summed E-state index contributed by atoms with van der Waals surface area (Å²) >= 11 is 0. The zero-order chi connectivity index (χ0) is 13.9. The molecule has 0 N–H and O–H groups in total. The number of hydrogen-bond donors (Lipinski definition) is 0. The summed E-state index contributed by atoms with van der Waals surface area (Å²) in [7, 11) is 0. The van der Waals surface area contributed by atoms with Crippen LogP contribution in [0.15, 0.2) is 48.5 Å². The fraction of sp³-hybridized carbons (Fsp3) is 0. The lowest BCUT2D eigenvalue weighted by molar-refractivity contribution is 0.512. The maximum atomic E-state index is 8.69. The van der Waals surface area contributed by atoms with Crippen LogP contribution in [0.25, 0.3) is 21.5 Å². The molecule has 94 valence electrons. The summed E-state index contributed by atoms with van der Waals surface area (Å²) in [6, 6.07) is 14.8. The molecule has 0 aliphatic heterocycles. The van der Waals surface area contributed by atoms with Gasteiger partial charge < -0.3 is 9.47 Å². The largest absolute Gasteiger partial charge is 0.387 e. The van der Waals surface area contributed by atoms with E-state index in [1.54, 1.807) is 24.6 Å². The minimum atomic E-state index is 0.485. The maximum Gasteiger partial charge on any atom is 0.292 e. The fourth-order valence-electron chi connectivity index (χ4n) is 2.27. The van der Waals surface area contributed by atoms with Gasteiger partial charge in [-0.05, 0) is 35.0 Å². The van der Waals surface area contributed by atoms with Gasteiger partial charge >= 0.3 is 0 Å². The third-order valence-electron chi connectivity index (χ3n) is 3.11. The van der Waals surface area contributed by atoms with Gasteiger partial charge in [-0.15, -0.1) is 10.5 Å². The van der Waals surface area contributed by atoms with Gasteiger partial charge in [0, 0.05) is 10.8 Å². The molecule has 0 heterocycles. The highest BCUT2D eigenvalue weighted by atomic mass is 16.5. The van der Waals surface area contributed by atoms with Gasteiger partial charge in [0.25, 0.3) is 12.5 Å². The maximum absolute atomic E-state index is 8.69. The van der Waals surface area contributed by atoms with Gasteiger partial charge in [-0.25, -0.2) is 0 Å². The van der Waals surface area contributed by atoms with Crippen LogP contribution in [0.3, 0.4) is 0 Å². The number of nitrogens with zero attached hydrogens (tertiary/aromatic N) is 2. The Morgan fingerprint density at radius 2 is 1.20 bits per heavy atom. The average molecular weight is 260 g/mol. The lowest BCUT2D eigenvalue weighted by Gasteiger charge is -2.07. The number of nitriles is 2. The van der Waals surface area contributed by atoms with Crippen molar-refractivity contribution in [2.75, 3.05) is 0 Å². The van der Waals surface area contributed by atoms with Gasteiger partial charge in [0.2, 0.25) is 0 Å². The topological polar surface area (TPSA) is 66.0 Å². The Labute approximate surface area is 115 Å². The molecule has 0 radical (unpaired) electrons. The molecule has 0 spiro atoms. The van der Waals surface area contributed by atoms with Gasteiger partial charge in [0.05, 0.1) is 0 Å². The molecule has 0 fully saturated rings. The lowest BCUT2D eigenvalue weighted by atomic mass is 10.0. The van der Waals surface area contributed by atoms with Gasteiger partial charge in [-0.1, -0.05) is 24.3 Å². The molecule has 0 aromatic heterocycles.